The van der Waals surface area contributed by atoms with Crippen molar-refractivity contribution < 1.29 is 4.39 Å². The molecular weight excluding hydrogens is 379 g/mol. The van der Waals surface area contributed by atoms with Crippen molar-refractivity contribution in [2.75, 3.05) is 13.1 Å². The summed E-state index contributed by atoms with van der Waals surface area (Å²) in [5.74, 6) is 2.31. The quantitative estimate of drug-likeness (QED) is 0.717. The Morgan fingerprint density at radius 3 is 2.83 bits per heavy atom. The van der Waals surface area contributed by atoms with Crippen LogP contribution in [-0.2, 0) is 6.54 Å². The Morgan fingerprint density at radius 2 is 2.10 bits per heavy atom. The number of pyridine rings is 1. The van der Waals surface area contributed by atoms with Gasteiger partial charge in [0.2, 0.25) is 0 Å². The predicted molar refractivity (Wildman–Crippen MR) is 114 cm³/mol. The van der Waals surface area contributed by atoms with Crippen LogP contribution < -0.4 is 5.32 Å². The van der Waals surface area contributed by atoms with Gasteiger partial charge in [-0.1, -0.05) is 18.2 Å². The second-order valence-corrected chi connectivity index (χ2v) is 8.23. The average molecular weight is 404 g/mol. The molecule has 2 atom stereocenters. The normalized spacial score (nSPS) is 21.4. The van der Waals surface area contributed by atoms with Gasteiger partial charge < -0.3 is 9.88 Å². The second-order valence-electron chi connectivity index (χ2n) is 8.23. The molecule has 0 amide bonds. The van der Waals surface area contributed by atoms with E-state index in [-0.39, 0.29) is 5.82 Å². The van der Waals surface area contributed by atoms with Crippen LogP contribution >= 0.6 is 0 Å². The zero-order chi connectivity index (χ0) is 20.7. The van der Waals surface area contributed by atoms with E-state index in [0.29, 0.717) is 29.7 Å². The summed E-state index contributed by atoms with van der Waals surface area (Å²) in [6.45, 7) is 6.67. The minimum absolute atomic E-state index is 0.380. The molecule has 154 valence electrons. The second kappa shape index (κ2) is 7.72. The highest BCUT2D eigenvalue weighted by molar-refractivity contribution is 5.79. The van der Waals surface area contributed by atoms with Crippen LogP contribution in [0.2, 0.25) is 0 Å². The zero-order valence-electron chi connectivity index (χ0n) is 17.3. The van der Waals surface area contributed by atoms with Crippen molar-refractivity contribution in [2.24, 2.45) is 11.8 Å². The molecular formula is C23H25FN6. The lowest BCUT2D eigenvalue weighted by Crippen LogP contribution is -2.18. The maximum Gasteiger partial charge on any atom is 0.164 e. The maximum atomic E-state index is 13.9. The van der Waals surface area contributed by atoms with Gasteiger partial charge in [-0.25, -0.2) is 19.3 Å². The number of fused-ring (bicyclic) bond motifs is 1. The largest absolute Gasteiger partial charge is 0.316 e. The molecule has 7 heteroatoms. The fourth-order valence-electron chi connectivity index (χ4n) is 4.55. The number of aryl methyl sites for hydroxylation is 2. The smallest absolute Gasteiger partial charge is 0.164 e. The number of hydrogen-bond acceptors (Lipinski definition) is 5. The molecule has 0 bridgehead atoms. The number of rotatable bonds is 4. The number of imidazole rings is 1. The molecule has 1 aliphatic heterocycles. The number of aromatic nitrogens is 5. The third kappa shape index (κ3) is 3.54. The zero-order valence-corrected chi connectivity index (χ0v) is 17.3. The van der Waals surface area contributed by atoms with Crippen molar-refractivity contribution in [3.8, 4) is 11.4 Å². The lowest BCUT2D eigenvalue weighted by atomic mass is 9.85. The Kier molecular flexibility index (Phi) is 4.90. The van der Waals surface area contributed by atoms with Gasteiger partial charge >= 0.3 is 0 Å². The van der Waals surface area contributed by atoms with Gasteiger partial charge in [0.25, 0.3) is 0 Å². The van der Waals surface area contributed by atoms with Crippen LogP contribution in [0.3, 0.4) is 0 Å². The fraction of sp³-hybridized carbons (Fsp3) is 0.391. The first kappa shape index (κ1) is 19.1. The Hall–Kier alpha value is -2.93. The summed E-state index contributed by atoms with van der Waals surface area (Å²) in [6, 6.07) is 1.47. The first-order valence-electron chi connectivity index (χ1n) is 10.5. The molecule has 0 saturated carbocycles. The topological polar surface area (TPSA) is 68.5 Å². The van der Waals surface area contributed by atoms with Gasteiger partial charge in [0, 0.05) is 11.8 Å². The predicted octanol–water partition coefficient (Wildman–Crippen LogP) is 3.76. The Bertz CT molecular complexity index is 1160. The Labute approximate surface area is 175 Å². The van der Waals surface area contributed by atoms with Crippen LogP contribution in [0, 0.1) is 31.5 Å². The minimum Gasteiger partial charge on any atom is -0.316 e. The molecule has 3 aromatic heterocycles. The lowest BCUT2D eigenvalue weighted by Gasteiger charge is -2.22. The molecule has 30 heavy (non-hydrogen) atoms. The summed E-state index contributed by atoms with van der Waals surface area (Å²) in [6.07, 6.45) is 12.0. The summed E-state index contributed by atoms with van der Waals surface area (Å²) in [5, 5.41) is 3.46. The van der Waals surface area contributed by atoms with Gasteiger partial charge in [-0.15, -0.1) is 0 Å². The van der Waals surface area contributed by atoms with Crippen LogP contribution in [-0.4, -0.2) is 37.6 Å². The molecule has 2 aliphatic rings. The average Bonchev–Trinajstić information content (AvgIpc) is 3.38. The van der Waals surface area contributed by atoms with E-state index in [4.69, 9.17) is 4.98 Å². The summed E-state index contributed by atoms with van der Waals surface area (Å²) in [4.78, 5) is 17.9. The van der Waals surface area contributed by atoms with E-state index in [1.807, 2.05) is 13.8 Å². The van der Waals surface area contributed by atoms with Gasteiger partial charge in [0.05, 0.1) is 18.4 Å². The fourth-order valence-corrected chi connectivity index (χ4v) is 4.55. The highest BCUT2D eigenvalue weighted by Gasteiger charge is 2.24. The van der Waals surface area contributed by atoms with Crippen molar-refractivity contribution in [1.82, 2.24) is 29.8 Å². The third-order valence-electron chi connectivity index (χ3n) is 6.10. The summed E-state index contributed by atoms with van der Waals surface area (Å²) < 4.78 is 15.9. The van der Waals surface area contributed by atoms with Crippen molar-refractivity contribution >= 4 is 11.2 Å². The monoisotopic (exact) mass is 404 g/mol. The summed E-state index contributed by atoms with van der Waals surface area (Å²) >= 11 is 0. The molecule has 4 heterocycles. The van der Waals surface area contributed by atoms with E-state index in [2.05, 4.69) is 43.1 Å². The van der Waals surface area contributed by atoms with Crippen LogP contribution in [0.1, 0.15) is 24.4 Å². The SMILES string of the molecule is Cc1nc(C)c2nc(-c3cncc(F)c3)n(CC3=CCC(C4CCNC4)C=C3)c2n1. The molecule has 6 nitrogen and oxygen atoms in total. The van der Waals surface area contributed by atoms with E-state index in [0.717, 1.165) is 42.3 Å². The molecule has 1 aliphatic carbocycles. The molecule has 1 N–H and O–H groups in total. The van der Waals surface area contributed by atoms with Crippen LogP contribution in [0.15, 0.2) is 42.3 Å². The molecule has 0 radical (unpaired) electrons. The number of allylic oxidation sites excluding steroid dienone is 4. The lowest BCUT2D eigenvalue weighted by molar-refractivity contribution is 0.427. The van der Waals surface area contributed by atoms with Gasteiger partial charge in [-0.2, -0.15) is 0 Å². The van der Waals surface area contributed by atoms with Crippen molar-refractivity contribution in [3.63, 3.8) is 0 Å². The highest BCUT2D eigenvalue weighted by atomic mass is 19.1. The number of nitrogens with zero attached hydrogens (tertiary/aromatic N) is 5. The van der Waals surface area contributed by atoms with E-state index < -0.39 is 0 Å². The van der Waals surface area contributed by atoms with Crippen molar-refractivity contribution in [1.29, 1.82) is 0 Å². The molecule has 0 spiro atoms. The Balaban J connectivity index is 1.53. The molecule has 2 unspecified atom stereocenters. The van der Waals surface area contributed by atoms with E-state index in [9.17, 15) is 4.39 Å². The number of halogens is 1. The molecule has 5 rings (SSSR count). The number of hydrogen-bond donors (Lipinski definition) is 1. The van der Waals surface area contributed by atoms with Crippen molar-refractivity contribution in [3.05, 3.63) is 59.6 Å². The third-order valence-corrected chi connectivity index (χ3v) is 6.10. The van der Waals surface area contributed by atoms with Gasteiger partial charge in [-0.05, 0) is 63.3 Å². The molecule has 1 fully saturated rings. The van der Waals surface area contributed by atoms with E-state index >= 15 is 0 Å². The van der Waals surface area contributed by atoms with Crippen LogP contribution in [0.5, 0.6) is 0 Å². The van der Waals surface area contributed by atoms with Gasteiger partial charge in [-0.3, -0.25) is 4.98 Å². The van der Waals surface area contributed by atoms with E-state index in [1.54, 1.807) is 6.20 Å². The number of nitrogens with one attached hydrogen (secondary N) is 1. The summed E-state index contributed by atoms with van der Waals surface area (Å²) in [5.41, 5.74) is 4.20. The first-order chi connectivity index (χ1) is 14.6. The van der Waals surface area contributed by atoms with E-state index in [1.165, 1.54) is 24.3 Å². The highest BCUT2D eigenvalue weighted by Crippen LogP contribution is 2.30. The Morgan fingerprint density at radius 1 is 1.20 bits per heavy atom. The molecule has 1 saturated heterocycles. The van der Waals surface area contributed by atoms with Crippen LogP contribution in [0.4, 0.5) is 4.39 Å². The van der Waals surface area contributed by atoms with Gasteiger partial charge in [0.15, 0.2) is 5.65 Å². The summed E-state index contributed by atoms with van der Waals surface area (Å²) in [7, 11) is 0. The first-order valence-corrected chi connectivity index (χ1v) is 10.5. The standard InChI is InChI=1S/C23H25FN6/c1-14-21-23(28-15(2)27-14)30(22(29-21)19-9-20(24)12-26-11-19)13-16-3-5-17(6-4-16)18-7-8-25-10-18/h3-5,9,11-12,17-18,25H,6-8,10,13H2,1-2H3. The van der Waals surface area contributed by atoms with Crippen molar-refractivity contribution in [2.45, 2.75) is 33.2 Å². The molecule has 3 aromatic rings. The van der Waals surface area contributed by atoms with Crippen LogP contribution in [0.25, 0.3) is 22.6 Å². The molecule has 0 aromatic carbocycles. The van der Waals surface area contributed by atoms with Gasteiger partial charge in [0.1, 0.15) is 23.0 Å². The minimum atomic E-state index is -0.380. The maximum absolute atomic E-state index is 13.9.